The predicted octanol–water partition coefficient (Wildman–Crippen LogP) is 1.39. The van der Waals surface area contributed by atoms with Crippen molar-refractivity contribution in [1.29, 1.82) is 0 Å². The second-order valence-electron chi connectivity index (χ2n) is 8.88. The molecule has 164 valence electrons. The molecule has 1 saturated carbocycles. The summed E-state index contributed by atoms with van der Waals surface area (Å²) in [6.45, 7) is 6.54. The van der Waals surface area contributed by atoms with E-state index in [1.54, 1.807) is 7.11 Å². The summed E-state index contributed by atoms with van der Waals surface area (Å²) in [6.07, 6.45) is 3.42. The molecule has 7 heteroatoms. The topological polar surface area (TPSA) is 80.6 Å². The third-order valence-corrected chi connectivity index (χ3v) is 7.62. The number of methoxy groups -OCH3 is 1. The van der Waals surface area contributed by atoms with Gasteiger partial charge in [0.15, 0.2) is 18.3 Å². The lowest BCUT2D eigenvalue weighted by Gasteiger charge is -2.63. The van der Waals surface area contributed by atoms with Crippen LogP contribution in [0.3, 0.4) is 0 Å². The van der Waals surface area contributed by atoms with Gasteiger partial charge in [0.25, 0.3) is 0 Å². The fourth-order valence-corrected chi connectivity index (χ4v) is 6.40. The molecule has 7 nitrogen and oxygen atoms in total. The molecular weight excluding hydrogens is 386 g/mol. The molecular formula is C23H31NO6. The van der Waals surface area contributed by atoms with E-state index in [0.29, 0.717) is 37.6 Å². The van der Waals surface area contributed by atoms with Crippen molar-refractivity contribution in [3.63, 3.8) is 0 Å². The van der Waals surface area contributed by atoms with Gasteiger partial charge in [0, 0.05) is 25.3 Å². The molecule has 2 heterocycles. The maximum absolute atomic E-state index is 12.1. The Morgan fingerprint density at radius 3 is 3.00 bits per heavy atom. The van der Waals surface area contributed by atoms with Crippen molar-refractivity contribution >= 4 is 0 Å². The largest absolute Gasteiger partial charge is 0.482 e. The summed E-state index contributed by atoms with van der Waals surface area (Å²) in [7, 11) is 1.63. The quantitative estimate of drug-likeness (QED) is 0.376. The van der Waals surface area contributed by atoms with Crippen LogP contribution in [-0.4, -0.2) is 79.2 Å². The molecule has 2 bridgehead atoms. The fourth-order valence-electron chi connectivity index (χ4n) is 6.40. The van der Waals surface area contributed by atoms with Crippen molar-refractivity contribution in [3.05, 3.63) is 35.9 Å². The van der Waals surface area contributed by atoms with Crippen LogP contribution in [0.2, 0.25) is 0 Å². The summed E-state index contributed by atoms with van der Waals surface area (Å²) in [6, 6.07) is 4.00. The summed E-state index contributed by atoms with van der Waals surface area (Å²) < 4.78 is 22.8. The number of benzene rings is 1. The summed E-state index contributed by atoms with van der Waals surface area (Å²) in [5.41, 5.74) is 0.672. The van der Waals surface area contributed by atoms with E-state index in [1.165, 1.54) is 5.56 Å². The minimum atomic E-state index is -0.940. The number of aliphatic hydroxyl groups is 2. The minimum Gasteiger partial charge on any atom is -0.482 e. The molecule has 2 aliphatic carbocycles. The SMILES string of the molecule is C=CCN1CC[C@@]23c4c5ccc(OCOCCOC)c4O[C@@H]2[C@H](O)CC[C@]3(O)[C@@H]1C5. The van der Waals surface area contributed by atoms with E-state index in [9.17, 15) is 10.2 Å². The lowest BCUT2D eigenvalue weighted by Crippen LogP contribution is -2.77. The van der Waals surface area contributed by atoms with E-state index in [4.69, 9.17) is 18.9 Å². The highest BCUT2D eigenvalue weighted by Crippen LogP contribution is 2.65. The number of hydrogen-bond donors (Lipinski definition) is 2. The van der Waals surface area contributed by atoms with Crippen LogP contribution in [0.25, 0.3) is 0 Å². The lowest BCUT2D eigenvalue weighted by molar-refractivity contribution is -0.206. The third-order valence-electron chi connectivity index (χ3n) is 7.62. The van der Waals surface area contributed by atoms with Gasteiger partial charge in [0.2, 0.25) is 0 Å². The molecule has 2 N–H and O–H groups in total. The molecule has 1 spiro atoms. The molecule has 2 fully saturated rings. The number of likely N-dealkylation sites (tertiary alicyclic amines) is 1. The van der Waals surface area contributed by atoms with Gasteiger partial charge >= 0.3 is 0 Å². The molecule has 2 aliphatic heterocycles. The first kappa shape index (κ1) is 20.3. The summed E-state index contributed by atoms with van der Waals surface area (Å²) in [5.74, 6) is 1.28. The van der Waals surface area contributed by atoms with Crippen LogP contribution >= 0.6 is 0 Å². The zero-order valence-corrected chi connectivity index (χ0v) is 17.5. The zero-order valence-electron chi connectivity index (χ0n) is 17.5. The first-order chi connectivity index (χ1) is 14.6. The van der Waals surface area contributed by atoms with Gasteiger partial charge in [-0.15, -0.1) is 6.58 Å². The minimum absolute atomic E-state index is 0.00885. The first-order valence-corrected chi connectivity index (χ1v) is 10.8. The Morgan fingerprint density at radius 1 is 1.33 bits per heavy atom. The molecule has 5 rings (SSSR count). The first-order valence-electron chi connectivity index (χ1n) is 10.8. The Kier molecular flexibility index (Phi) is 5.07. The van der Waals surface area contributed by atoms with Crippen molar-refractivity contribution < 1.29 is 29.2 Å². The molecule has 1 aromatic carbocycles. The van der Waals surface area contributed by atoms with Gasteiger partial charge in [-0.2, -0.15) is 0 Å². The van der Waals surface area contributed by atoms with Crippen LogP contribution in [0.4, 0.5) is 0 Å². The maximum Gasteiger partial charge on any atom is 0.189 e. The number of aliphatic hydroxyl groups excluding tert-OH is 1. The van der Waals surface area contributed by atoms with Crippen LogP contribution in [0.5, 0.6) is 11.5 Å². The second kappa shape index (κ2) is 7.50. The molecule has 5 atom stereocenters. The van der Waals surface area contributed by atoms with Crippen LogP contribution in [-0.2, 0) is 21.3 Å². The molecule has 1 aromatic rings. The third kappa shape index (κ3) is 2.63. The molecule has 0 amide bonds. The average Bonchev–Trinajstić information content (AvgIpc) is 3.09. The predicted molar refractivity (Wildman–Crippen MR) is 110 cm³/mol. The van der Waals surface area contributed by atoms with Gasteiger partial charge in [0.1, 0.15) is 6.10 Å². The number of rotatable bonds is 8. The average molecular weight is 418 g/mol. The lowest BCUT2D eigenvalue weighted by atomic mass is 9.48. The van der Waals surface area contributed by atoms with Crippen molar-refractivity contribution in [1.82, 2.24) is 4.90 Å². The Morgan fingerprint density at radius 2 is 2.20 bits per heavy atom. The molecule has 4 aliphatic rings. The van der Waals surface area contributed by atoms with Gasteiger partial charge in [0.05, 0.1) is 30.3 Å². The second-order valence-corrected chi connectivity index (χ2v) is 8.88. The Hall–Kier alpha value is -1.64. The van der Waals surface area contributed by atoms with Crippen molar-refractivity contribution in [2.45, 2.75) is 54.9 Å². The van der Waals surface area contributed by atoms with E-state index < -0.39 is 23.2 Å². The van der Waals surface area contributed by atoms with E-state index >= 15 is 0 Å². The van der Waals surface area contributed by atoms with E-state index in [-0.39, 0.29) is 12.8 Å². The fraction of sp³-hybridized carbons (Fsp3) is 0.652. The number of piperidine rings is 1. The van der Waals surface area contributed by atoms with Gasteiger partial charge in [-0.05, 0) is 43.9 Å². The van der Waals surface area contributed by atoms with Crippen molar-refractivity contribution in [2.24, 2.45) is 0 Å². The number of ether oxygens (including phenoxy) is 4. The van der Waals surface area contributed by atoms with Gasteiger partial charge in [-0.1, -0.05) is 12.1 Å². The standard InChI is InChI=1S/C23H31NO6/c1-3-9-24-10-8-22-19-15-4-5-17(29-14-28-12-11-27-2)20(19)30-21(22)16(25)6-7-23(22,26)18(24)13-15/h3-5,16,18,21,25-26H,1,6-14H2,2H3/t16-,18+,21-,22-,23+/m1/s1. The van der Waals surface area contributed by atoms with Crippen LogP contribution in [0.15, 0.2) is 24.8 Å². The Labute approximate surface area is 177 Å². The molecule has 1 saturated heterocycles. The highest BCUT2D eigenvalue weighted by molar-refractivity contribution is 5.63. The highest BCUT2D eigenvalue weighted by atomic mass is 16.7. The zero-order chi connectivity index (χ0) is 20.9. The molecule has 0 unspecified atom stereocenters. The summed E-state index contributed by atoms with van der Waals surface area (Å²) >= 11 is 0. The molecule has 30 heavy (non-hydrogen) atoms. The van der Waals surface area contributed by atoms with Crippen LogP contribution < -0.4 is 9.47 Å². The molecule has 0 radical (unpaired) electrons. The maximum atomic E-state index is 12.1. The van der Waals surface area contributed by atoms with Gasteiger partial charge in [-0.25, -0.2) is 0 Å². The highest BCUT2D eigenvalue weighted by Gasteiger charge is 2.72. The molecule has 0 aromatic heterocycles. The van der Waals surface area contributed by atoms with Crippen molar-refractivity contribution in [3.8, 4) is 11.5 Å². The van der Waals surface area contributed by atoms with E-state index in [2.05, 4.69) is 17.5 Å². The summed E-state index contributed by atoms with van der Waals surface area (Å²) in [5, 5.41) is 23.0. The Balaban J connectivity index is 1.54. The van der Waals surface area contributed by atoms with Crippen molar-refractivity contribution in [2.75, 3.05) is 40.2 Å². The monoisotopic (exact) mass is 417 g/mol. The van der Waals surface area contributed by atoms with E-state index in [0.717, 1.165) is 31.5 Å². The number of nitrogens with zero attached hydrogens (tertiary/aromatic N) is 1. The smallest absolute Gasteiger partial charge is 0.189 e. The van der Waals surface area contributed by atoms with Gasteiger partial charge in [-0.3, -0.25) is 4.90 Å². The summed E-state index contributed by atoms with van der Waals surface area (Å²) in [4.78, 5) is 2.34. The normalized spacial score (nSPS) is 36.2. The number of hydrogen-bond acceptors (Lipinski definition) is 7. The Bertz CT molecular complexity index is 830. The van der Waals surface area contributed by atoms with Crippen LogP contribution in [0.1, 0.15) is 30.4 Å². The van der Waals surface area contributed by atoms with Gasteiger partial charge < -0.3 is 29.2 Å². The van der Waals surface area contributed by atoms with Crippen LogP contribution in [0, 0.1) is 0 Å². The van der Waals surface area contributed by atoms with E-state index in [1.807, 2.05) is 12.1 Å².